The van der Waals surface area contributed by atoms with Crippen LogP contribution in [0.3, 0.4) is 0 Å². The molecule has 0 amide bonds. The summed E-state index contributed by atoms with van der Waals surface area (Å²) in [6.07, 6.45) is -4.03. The molecule has 1 aromatic heterocycles. The molecule has 0 aliphatic rings. The van der Waals surface area contributed by atoms with Crippen LogP contribution < -0.4 is 0 Å². The molecule has 1 aromatic rings. The van der Waals surface area contributed by atoms with Gasteiger partial charge in [-0.3, -0.25) is 14.9 Å². The van der Waals surface area contributed by atoms with E-state index < -0.39 is 46.6 Å². The van der Waals surface area contributed by atoms with E-state index in [2.05, 4.69) is 4.98 Å². The van der Waals surface area contributed by atoms with Gasteiger partial charge in [-0.25, -0.2) is 13.8 Å². The number of aromatic hydroxyl groups is 1. The second kappa shape index (κ2) is 4.68. The number of carboxylic acids is 1. The Balaban J connectivity index is 3.34. The van der Waals surface area contributed by atoms with Crippen LogP contribution in [-0.4, -0.2) is 26.1 Å². The predicted molar refractivity (Wildman–Crippen MR) is 48.9 cm³/mol. The van der Waals surface area contributed by atoms with Crippen molar-refractivity contribution in [1.29, 1.82) is 0 Å². The number of pyridine rings is 1. The quantitative estimate of drug-likeness (QED) is 0.612. The van der Waals surface area contributed by atoms with Crippen molar-refractivity contribution in [2.24, 2.45) is 0 Å². The Bertz CT molecular complexity index is 477. The maximum absolute atomic E-state index is 12.4. The van der Waals surface area contributed by atoms with Crippen molar-refractivity contribution in [2.45, 2.75) is 12.8 Å². The zero-order valence-electron chi connectivity index (χ0n) is 8.13. The zero-order valence-corrected chi connectivity index (χ0v) is 8.13. The number of nitro groups is 1. The molecule has 1 rings (SSSR count). The SMILES string of the molecule is O=C(O)Cc1nc(C(F)F)c([N+](=O)[O-])cc1O. The molecule has 92 valence electrons. The van der Waals surface area contributed by atoms with Gasteiger partial charge in [-0.05, 0) is 0 Å². The van der Waals surface area contributed by atoms with Gasteiger partial charge in [0.1, 0.15) is 5.75 Å². The summed E-state index contributed by atoms with van der Waals surface area (Å²) in [5.74, 6) is -2.20. The average Bonchev–Trinajstić information content (AvgIpc) is 2.19. The lowest BCUT2D eigenvalue weighted by Gasteiger charge is -2.05. The first-order valence-electron chi connectivity index (χ1n) is 4.20. The summed E-state index contributed by atoms with van der Waals surface area (Å²) in [6.45, 7) is 0. The zero-order chi connectivity index (χ0) is 13.2. The molecule has 0 saturated heterocycles. The van der Waals surface area contributed by atoms with Crippen LogP contribution >= 0.6 is 0 Å². The van der Waals surface area contributed by atoms with Crippen molar-refractivity contribution >= 4 is 11.7 Å². The minimum absolute atomic E-state index is 0.465. The fraction of sp³-hybridized carbons (Fsp3) is 0.250. The van der Waals surface area contributed by atoms with E-state index in [0.717, 1.165) is 0 Å². The molecule has 0 radical (unpaired) electrons. The fourth-order valence-electron chi connectivity index (χ4n) is 1.13. The van der Waals surface area contributed by atoms with Crippen LogP contribution in [0.5, 0.6) is 5.75 Å². The topological polar surface area (TPSA) is 114 Å². The molecule has 0 saturated carbocycles. The lowest BCUT2D eigenvalue weighted by molar-refractivity contribution is -0.386. The highest BCUT2D eigenvalue weighted by Crippen LogP contribution is 2.31. The number of hydrogen-bond acceptors (Lipinski definition) is 5. The van der Waals surface area contributed by atoms with Gasteiger partial charge in [0.2, 0.25) is 0 Å². The summed E-state index contributed by atoms with van der Waals surface area (Å²) in [5, 5.41) is 28.1. The third-order valence-electron chi connectivity index (χ3n) is 1.81. The molecule has 7 nitrogen and oxygen atoms in total. The molecule has 0 aliphatic carbocycles. The highest BCUT2D eigenvalue weighted by molar-refractivity contribution is 5.70. The lowest BCUT2D eigenvalue weighted by atomic mass is 10.2. The van der Waals surface area contributed by atoms with Crippen LogP contribution in [-0.2, 0) is 11.2 Å². The van der Waals surface area contributed by atoms with Gasteiger partial charge in [0.05, 0.1) is 23.1 Å². The van der Waals surface area contributed by atoms with E-state index >= 15 is 0 Å². The molecular formula is C8H6F2N2O5. The van der Waals surface area contributed by atoms with Crippen LogP contribution in [0.25, 0.3) is 0 Å². The maximum Gasteiger partial charge on any atom is 0.309 e. The second-order valence-electron chi connectivity index (χ2n) is 2.99. The van der Waals surface area contributed by atoms with Gasteiger partial charge in [-0.2, -0.15) is 0 Å². The average molecular weight is 248 g/mol. The largest absolute Gasteiger partial charge is 0.506 e. The van der Waals surface area contributed by atoms with Crippen LogP contribution in [0.1, 0.15) is 17.8 Å². The smallest absolute Gasteiger partial charge is 0.309 e. The van der Waals surface area contributed by atoms with Gasteiger partial charge in [-0.15, -0.1) is 0 Å². The summed E-state index contributed by atoms with van der Waals surface area (Å²) in [5.41, 5.74) is -2.76. The first-order chi connectivity index (χ1) is 7.82. The summed E-state index contributed by atoms with van der Waals surface area (Å²) in [6, 6.07) is 0.465. The van der Waals surface area contributed by atoms with E-state index in [1.165, 1.54) is 0 Å². The van der Waals surface area contributed by atoms with Crippen molar-refractivity contribution in [3.63, 3.8) is 0 Å². The Morgan fingerprint density at radius 2 is 2.18 bits per heavy atom. The second-order valence-corrected chi connectivity index (χ2v) is 2.99. The molecule has 0 unspecified atom stereocenters. The van der Waals surface area contributed by atoms with Gasteiger partial charge >= 0.3 is 5.97 Å². The number of aliphatic carboxylic acids is 1. The third-order valence-corrected chi connectivity index (χ3v) is 1.81. The predicted octanol–water partition coefficient (Wildman–Crippen LogP) is 1.26. The number of nitrogens with zero attached hydrogens (tertiary/aromatic N) is 2. The first kappa shape index (κ1) is 12.7. The number of alkyl halides is 2. The van der Waals surface area contributed by atoms with Crippen molar-refractivity contribution in [1.82, 2.24) is 4.98 Å². The Labute approximate surface area is 92.5 Å². The van der Waals surface area contributed by atoms with E-state index in [1.807, 2.05) is 0 Å². The van der Waals surface area contributed by atoms with Crippen molar-refractivity contribution in [2.75, 3.05) is 0 Å². The Hall–Kier alpha value is -2.32. The summed E-state index contributed by atoms with van der Waals surface area (Å²) < 4.78 is 24.9. The Kier molecular flexibility index (Phi) is 3.51. The van der Waals surface area contributed by atoms with E-state index in [4.69, 9.17) is 5.11 Å². The van der Waals surface area contributed by atoms with E-state index in [1.54, 1.807) is 0 Å². The van der Waals surface area contributed by atoms with Gasteiger partial charge < -0.3 is 10.2 Å². The molecule has 0 bridgehead atoms. The van der Waals surface area contributed by atoms with E-state index in [9.17, 15) is 28.8 Å². The highest BCUT2D eigenvalue weighted by atomic mass is 19.3. The van der Waals surface area contributed by atoms with Gasteiger partial charge in [0.15, 0.2) is 5.69 Å². The fourth-order valence-corrected chi connectivity index (χ4v) is 1.13. The maximum atomic E-state index is 12.4. The Morgan fingerprint density at radius 3 is 2.59 bits per heavy atom. The molecule has 2 N–H and O–H groups in total. The summed E-state index contributed by atoms with van der Waals surface area (Å²) in [7, 11) is 0. The number of carboxylic acid groups (broad SMARTS) is 1. The van der Waals surface area contributed by atoms with Crippen molar-refractivity contribution in [3.05, 3.63) is 27.6 Å². The number of hydrogen-bond donors (Lipinski definition) is 2. The van der Waals surface area contributed by atoms with Crippen LogP contribution in [0.4, 0.5) is 14.5 Å². The normalized spacial score (nSPS) is 10.5. The summed E-state index contributed by atoms with van der Waals surface area (Å²) >= 11 is 0. The van der Waals surface area contributed by atoms with Crippen LogP contribution in [0.2, 0.25) is 0 Å². The Morgan fingerprint density at radius 1 is 1.59 bits per heavy atom. The van der Waals surface area contributed by atoms with Crippen LogP contribution in [0.15, 0.2) is 6.07 Å². The standard InChI is InChI=1S/C8H6F2N2O5/c9-8(10)7-4(12(16)17)2-5(13)3(11-7)1-6(14)15/h2,8,13H,1H2,(H,14,15). The molecule has 0 aliphatic heterocycles. The minimum Gasteiger partial charge on any atom is -0.506 e. The van der Waals surface area contributed by atoms with E-state index in [-0.39, 0.29) is 0 Å². The number of halogens is 2. The first-order valence-corrected chi connectivity index (χ1v) is 4.20. The van der Waals surface area contributed by atoms with Crippen molar-refractivity contribution < 1.29 is 28.7 Å². The number of rotatable bonds is 4. The summed E-state index contributed by atoms with van der Waals surface area (Å²) in [4.78, 5) is 22.7. The molecule has 0 atom stereocenters. The molecule has 0 aromatic carbocycles. The van der Waals surface area contributed by atoms with Crippen LogP contribution in [0, 0.1) is 10.1 Å². The van der Waals surface area contributed by atoms with Gasteiger partial charge in [0, 0.05) is 0 Å². The number of carbonyl (C=O) groups is 1. The monoisotopic (exact) mass is 248 g/mol. The van der Waals surface area contributed by atoms with Gasteiger partial charge in [0.25, 0.3) is 12.1 Å². The lowest BCUT2D eigenvalue weighted by Crippen LogP contribution is -2.07. The van der Waals surface area contributed by atoms with Crippen molar-refractivity contribution in [3.8, 4) is 5.75 Å². The molecule has 0 spiro atoms. The van der Waals surface area contributed by atoms with Gasteiger partial charge in [-0.1, -0.05) is 0 Å². The highest BCUT2D eigenvalue weighted by Gasteiger charge is 2.26. The molecule has 1 heterocycles. The molecule has 0 fully saturated rings. The number of aromatic nitrogens is 1. The molecule has 17 heavy (non-hydrogen) atoms. The molecular weight excluding hydrogens is 242 g/mol. The third kappa shape index (κ3) is 2.83. The molecule has 9 heteroatoms. The van der Waals surface area contributed by atoms with E-state index in [0.29, 0.717) is 6.07 Å². The minimum atomic E-state index is -3.23.